The molecule has 0 aliphatic heterocycles. The topological polar surface area (TPSA) is 56.7 Å². The Morgan fingerprint density at radius 3 is 2.79 bits per heavy atom. The third-order valence-electron chi connectivity index (χ3n) is 3.34. The van der Waals surface area contributed by atoms with Crippen LogP contribution in [0.25, 0.3) is 10.9 Å². The maximum atomic E-state index is 6.35. The third kappa shape index (κ3) is 2.00. The fourth-order valence-corrected chi connectivity index (χ4v) is 2.38. The molecule has 0 fully saturated rings. The Hall–Kier alpha value is -2.20. The standard InChI is InChI=1S/C15H16N4/c1-10-7-11(9-17-8-10)14(16)15-12-5-3-4-6-13(12)19(2)18-15/h3-9,14H,16H2,1-2H3. The van der Waals surface area contributed by atoms with Gasteiger partial charge in [-0.2, -0.15) is 5.10 Å². The van der Waals surface area contributed by atoms with E-state index < -0.39 is 0 Å². The molecule has 0 aliphatic rings. The summed E-state index contributed by atoms with van der Waals surface area (Å²) in [5, 5.41) is 5.66. The van der Waals surface area contributed by atoms with Gasteiger partial charge < -0.3 is 5.73 Å². The molecule has 0 amide bonds. The minimum Gasteiger partial charge on any atom is -0.319 e. The second kappa shape index (κ2) is 4.48. The first-order valence-corrected chi connectivity index (χ1v) is 6.25. The highest BCUT2D eigenvalue weighted by Gasteiger charge is 2.17. The van der Waals surface area contributed by atoms with Crippen molar-refractivity contribution in [3.63, 3.8) is 0 Å². The van der Waals surface area contributed by atoms with Gasteiger partial charge in [-0.1, -0.05) is 24.3 Å². The number of benzene rings is 1. The van der Waals surface area contributed by atoms with Crippen LogP contribution in [0, 0.1) is 6.92 Å². The van der Waals surface area contributed by atoms with Crippen LogP contribution in [0.2, 0.25) is 0 Å². The molecule has 3 aromatic rings. The fraction of sp³-hybridized carbons (Fsp3) is 0.200. The van der Waals surface area contributed by atoms with Crippen LogP contribution in [-0.4, -0.2) is 14.8 Å². The molecule has 96 valence electrons. The van der Waals surface area contributed by atoms with Gasteiger partial charge in [0.15, 0.2) is 0 Å². The van der Waals surface area contributed by atoms with Crippen molar-refractivity contribution in [1.29, 1.82) is 0 Å². The number of rotatable bonds is 2. The average Bonchev–Trinajstić information content (AvgIpc) is 2.76. The largest absolute Gasteiger partial charge is 0.319 e. The predicted molar refractivity (Wildman–Crippen MR) is 75.7 cm³/mol. The zero-order valence-electron chi connectivity index (χ0n) is 11.0. The van der Waals surface area contributed by atoms with Gasteiger partial charge in [0.25, 0.3) is 0 Å². The molecule has 1 atom stereocenters. The number of para-hydroxylation sites is 1. The highest BCUT2D eigenvalue weighted by molar-refractivity contribution is 5.82. The molecule has 4 nitrogen and oxygen atoms in total. The van der Waals surface area contributed by atoms with Crippen LogP contribution in [0.4, 0.5) is 0 Å². The summed E-state index contributed by atoms with van der Waals surface area (Å²) in [6.45, 7) is 2.01. The number of nitrogens with two attached hydrogens (primary N) is 1. The number of hydrogen-bond acceptors (Lipinski definition) is 3. The van der Waals surface area contributed by atoms with Gasteiger partial charge in [0.2, 0.25) is 0 Å². The molecule has 4 heteroatoms. The summed E-state index contributed by atoms with van der Waals surface area (Å²) in [5.74, 6) is 0. The van der Waals surface area contributed by atoms with Crippen LogP contribution in [0.1, 0.15) is 22.9 Å². The Morgan fingerprint density at radius 1 is 1.21 bits per heavy atom. The van der Waals surface area contributed by atoms with Crippen molar-refractivity contribution < 1.29 is 0 Å². The van der Waals surface area contributed by atoms with Crippen LogP contribution < -0.4 is 5.73 Å². The van der Waals surface area contributed by atoms with Crippen molar-refractivity contribution in [2.45, 2.75) is 13.0 Å². The van der Waals surface area contributed by atoms with Gasteiger partial charge in [-0.05, 0) is 24.1 Å². The average molecular weight is 252 g/mol. The van der Waals surface area contributed by atoms with Gasteiger partial charge in [0.05, 0.1) is 17.3 Å². The maximum absolute atomic E-state index is 6.35. The van der Waals surface area contributed by atoms with Gasteiger partial charge in [0.1, 0.15) is 0 Å². The maximum Gasteiger partial charge on any atom is 0.0916 e. The molecule has 1 unspecified atom stereocenters. The Morgan fingerprint density at radius 2 is 2.00 bits per heavy atom. The smallest absolute Gasteiger partial charge is 0.0916 e. The second-order valence-electron chi connectivity index (χ2n) is 4.80. The summed E-state index contributed by atoms with van der Waals surface area (Å²) in [6.07, 6.45) is 3.63. The lowest BCUT2D eigenvalue weighted by atomic mass is 10.0. The van der Waals surface area contributed by atoms with Crippen molar-refractivity contribution >= 4 is 10.9 Å². The predicted octanol–water partition coefficient (Wildman–Crippen LogP) is 2.32. The zero-order valence-corrected chi connectivity index (χ0v) is 11.0. The normalized spacial score (nSPS) is 12.8. The van der Waals surface area contributed by atoms with Crippen molar-refractivity contribution in [1.82, 2.24) is 14.8 Å². The molecule has 0 aliphatic carbocycles. The highest BCUT2D eigenvalue weighted by Crippen LogP contribution is 2.26. The van der Waals surface area contributed by atoms with E-state index in [1.54, 1.807) is 6.20 Å². The molecular weight excluding hydrogens is 236 g/mol. The first kappa shape index (κ1) is 11.9. The van der Waals surface area contributed by atoms with Crippen molar-refractivity contribution in [2.24, 2.45) is 12.8 Å². The van der Waals surface area contributed by atoms with E-state index in [-0.39, 0.29) is 6.04 Å². The molecule has 0 radical (unpaired) electrons. The molecule has 0 spiro atoms. The zero-order chi connectivity index (χ0) is 13.4. The van der Waals surface area contributed by atoms with E-state index in [0.717, 1.165) is 27.7 Å². The lowest BCUT2D eigenvalue weighted by Gasteiger charge is -2.10. The summed E-state index contributed by atoms with van der Waals surface area (Å²) in [7, 11) is 1.94. The minimum absolute atomic E-state index is 0.251. The Kier molecular flexibility index (Phi) is 2.80. The van der Waals surface area contributed by atoms with Gasteiger partial charge in [0, 0.05) is 24.8 Å². The first-order valence-electron chi connectivity index (χ1n) is 6.25. The third-order valence-corrected chi connectivity index (χ3v) is 3.34. The van der Waals surface area contributed by atoms with Gasteiger partial charge in [-0.15, -0.1) is 0 Å². The number of fused-ring (bicyclic) bond motifs is 1. The van der Waals surface area contributed by atoms with E-state index in [2.05, 4.69) is 22.2 Å². The number of hydrogen-bond donors (Lipinski definition) is 1. The Labute approximate surface area is 111 Å². The van der Waals surface area contributed by atoms with Gasteiger partial charge in [-0.3, -0.25) is 9.67 Å². The summed E-state index contributed by atoms with van der Waals surface area (Å²) in [5.41, 5.74) is 10.4. The van der Waals surface area contributed by atoms with E-state index in [9.17, 15) is 0 Å². The first-order chi connectivity index (χ1) is 9.16. The van der Waals surface area contributed by atoms with Gasteiger partial charge in [-0.25, -0.2) is 0 Å². The Balaban J connectivity index is 2.14. The molecule has 0 saturated heterocycles. The molecule has 2 N–H and O–H groups in total. The van der Waals surface area contributed by atoms with E-state index in [4.69, 9.17) is 5.73 Å². The van der Waals surface area contributed by atoms with Gasteiger partial charge >= 0.3 is 0 Å². The van der Waals surface area contributed by atoms with Crippen molar-refractivity contribution in [3.8, 4) is 0 Å². The Bertz CT molecular complexity index is 730. The van der Waals surface area contributed by atoms with Crippen LogP contribution in [0.3, 0.4) is 0 Å². The van der Waals surface area contributed by atoms with Crippen molar-refractivity contribution in [2.75, 3.05) is 0 Å². The monoisotopic (exact) mass is 252 g/mol. The lowest BCUT2D eigenvalue weighted by molar-refractivity contribution is 0.730. The number of aryl methyl sites for hydroxylation is 2. The number of pyridine rings is 1. The quantitative estimate of drug-likeness (QED) is 0.761. The number of aromatic nitrogens is 3. The molecule has 0 saturated carbocycles. The molecular formula is C15H16N4. The molecule has 3 rings (SSSR count). The minimum atomic E-state index is -0.251. The lowest BCUT2D eigenvalue weighted by Crippen LogP contribution is -2.13. The molecule has 1 aromatic carbocycles. The molecule has 19 heavy (non-hydrogen) atoms. The molecule has 0 bridgehead atoms. The molecule has 2 aromatic heterocycles. The second-order valence-corrected chi connectivity index (χ2v) is 4.80. The highest BCUT2D eigenvalue weighted by atomic mass is 15.3. The van der Waals surface area contributed by atoms with Crippen molar-refractivity contribution in [3.05, 3.63) is 59.5 Å². The van der Waals surface area contributed by atoms with E-state index in [1.807, 2.05) is 43.0 Å². The summed E-state index contributed by atoms with van der Waals surface area (Å²) in [6, 6.07) is 9.93. The van der Waals surface area contributed by atoms with E-state index in [0.29, 0.717) is 0 Å². The van der Waals surface area contributed by atoms with Crippen LogP contribution in [0.15, 0.2) is 42.7 Å². The summed E-state index contributed by atoms with van der Waals surface area (Å²) >= 11 is 0. The van der Waals surface area contributed by atoms with E-state index >= 15 is 0 Å². The van der Waals surface area contributed by atoms with Crippen LogP contribution >= 0.6 is 0 Å². The van der Waals surface area contributed by atoms with E-state index in [1.165, 1.54) is 0 Å². The van der Waals surface area contributed by atoms with Crippen LogP contribution in [0.5, 0.6) is 0 Å². The van der Waals surface area contributed by atoms with Crippen LogP contribution in [-0.2, 0) is 7.05 Å². The fourth-order valence-electron chi connectivity index (χ4n) is 2.38. The summed E-state index contributed by atoms with van der Waals surface area (Å²) < 4.78 is 1.87. The summed E-state index contributed by atoms with van der Waals surface area (Å²) in [4.78, 5) is 4.20. The number of nitrogens with zero attached hydrogens (tertiary/aromatic N) is 3. The SMILES string of the molecule is Cc1cncc(C(N)c2nn(C)c3ccccc23)c1. The molecule has 2 heterocycles.